The number of hydrogen-bond donors (Lipinski definition) is 1. The molecule has 0 bridgehead atoms. The van der Waals surface area contributed by atoms with E-state index in [9.17, 15) is 23.1 Å². The summed E-state index contributed by atoms with van der Waals surface area (Å²) in [4.78, 5) is 28.3. The van der Waals surface area contributed by atoms with Gasteiger partial charge < -0.3 is 10.0 Å². The van der Waals surface area contributed by atoms with Crippen LogP contribution in [0.3, 0.4) is 0 Å². The molecule has 3 aromatic rings. The minimum atomic E-state index is -3.91. The quantitative estimate of drug-likeness (QED) is 0.264. The summed E-state index contributed by atoms with van der Waals surface area (Å²) in [6.45, 7) is 1.67. The van der Waals surface area contributed by atoms with Crippen molar-refractivity contribution < 1.29 is 23.1 Å². The highest BCUT2D eigenvalue weighted by Gasteiger charge is 2.55. The van der Waals surface area contributed by atoms with Gasteiger partial charge in [0.15, 0.2) is 9.84 Å². The van der Waals surface area contributed by atoms with Gasteiger partial charge in [-0.1, -0.05) is 78.1 Å². The molecule has 10 heteroatoms. The standard InChI is InChI=1S/C31H30Cl3NO5S/c1-31(17-28(36)37)16-24(21-5-4-6-23(33)15-21)29(20-11-13-22(32)14-12-20)35(30(31)38)26(19-9-10-19)18-41(39,40)27-8-3-2-7-25(27)34/h2-8,11-15,19,24,26,29H,9-10,16-18H2,1H3,(H,36,37)/t24-,26-,29-,31-/m1/s1. The van der Waals surface area contributed by atoms with Gasteiger partial charge in [0.2, 0.25) is 5.91 Å². The fourth-order valence-electron chi connectivity index (χ4n) is 6.18. The molecule has 0 aromatic heterocycles. The number of sulfone groups is 1. The summed E-state index contributed by atoms with van der Waals surface area (Å²) in [5.41, 5.74) is 0.351. The van der Waals surface area contributed by atoms with Crippen LogP contribution in [-0.4, -0.2) is 42.1 Å². The van der Waals surface area contributed by atoms with Crippen LogP contribution in [0.25, 0.3) is 0 Å². The van der Waals surface area contributed by atoms with E-state index in [1.807, 2.05) is 30.3 Å². The Morgan fingerprint density at radius 1 is 0.976 bits per heavy atom. The Morgan fingerprint density at radius 3 is 2.27 bits per heavy atom. The van der Waals surface area contributed by atoms with Crippen molar-refractivity contribution in [1.82, 2.24) is 4.90 Å². The van der Waals surface area contributed by atoms with Crippen molar-refractivity contribution in [3.8, 4) is 0 Å². The number of benzene rings is 3. The van der Waals surface area contributed by atoms with Crippen molar-refractivity contribution in [3.05, 3.63) is 99.0 Å². The van der Waals surface area contributed by atoms with Gasteiger partial charge in [-0.05, 0) is 72.7 Å². The number of carbonyl (C=O) groups is 2. The first-order valence-electron chi connectivity index (χ1n) is 13.4. The van der Waals surface area contributed by atoms with E-state index in [1.54, 1.807) is 42.2 Å². The number of aliphatic carboxylic acids is 1. The Kier molecular flexibility index (Phi) is 8.46. The zero-order chi connectivity index (χ0) is 29.5. The zero-order valence-corrected chi connectivity index (χ0v) is 25.4. The topological polar surface area (TPSA) is 91.8 Å². The lowest BCUT2D eigenvalue weighted by atomic mass is 9.67. The fraction of sp³-hybridized carbons (Fsp3) is 0.355. The van der Waals surface area contributed by atoms with Crippen molar-refractivity contribution in [2.24, 2.45) is 11.3 Å². The normalized spacial score (nSPS) is 23.8. The summed E-state index contributed by atoms with van der Waals surface area (Å²) >= 11 is 18.9. The van der Waals surface area contributed by atoms with Gasteiger partial charge in [0, 0.05) is 22.0 Å². The molecule has 1 saturated carbocycles. The number of amides is 1. The minimum Gasteiger partial charge on any atom is -0.481 e. The molecule has 5 rings (SSSR count). The summed E-state index contributed by atoms with van der Waals surface area (Å²) in [5, 5.41) is 11.0. The maximum Gasteiger partial charge on any atom is 0.304 e. The number of piperidine rings is 1. The molecule has 6 nitrogen and oxygen atoms in total. The Balaban J connectivity index is 1.69. The number of halogens is 3. The first-order valence-corrected chi connectivity index (χ1v) is 16.2. The summed E-state index contributed by atoms with van der Waals surface area (Å²) in [5.74, 6) is -2.21. The van der Waals surface area contributed by atoms with Gasteiger partial charge in [0.25, 0.3) is 0 Å². The predicted molar refractivity (Wildman–Crippen MR) is 160 cm³/mol. The molecule has 41 heavy (non-hydrogen) atoms. The van der Waals surface area contributed by atoms with Crippen molar-refractivity contribution in [2.75, 3.05) is 5.75 Å². The monoisotopic (exact) mass is 633 g/mol. The van der Waals surface area contributed by atoms with Gasteiger partial charge in [-0.25, -0.2) is 8.42 Å². The molecule has 1 amide bonds. The highest BCUT2D eigenvalue weighted by atomic mass is 35.5. The van der Waals surface area contributed by atoms with E-state index in [1.165, 1.54) is 12.1 Å². The number of hydrogen-bond acceptors (Lipinski definition) is 4. The second-order valence-corrected chi connectivity index (χ2v) is 14.6. The molecular formula is C31H30Cl3NO5S. The fourth-order valence-corrected chi connectivity index (χ4v) is 8.71. The largest absolute Gasteiger partial charge is 0.481 e. The second-order valence-electron chi connectivity index (χ2n) is 11.3. The lowest BCUT2D eigenvalue weighted by Gasteiger charge is -2.52. The van der Waals surface area contributed by atoms with E-state index in [4.69, 9.17) is 34.8 Å². The highest BCUT2D eigenvalue weighted by molar-refractivity contribution is 7.91. The zero-order valence-electron chi connectivity index (χ0n) is 22.3. The summed E-state index contributed by atoms with van der Waals surface area (Å²) in [7, 11) is -3.91. The molecule has 0 unspecified atom stereocenters. The van der Waals surface area contributed by atoms with Gasteiger partial charge in [-0.3, -0.25) is 9.59 Å². The van der Waals surface area contributed by atoms with Crippen LogP contribution in [0, 0.1) is 11.3 Å². The van der Waals surface area contributed by atoms with Crippen molar-refractivity contribution in [2.45, 2.75) is 55.5 Å². The average molecular weight is 635 g/mol. The van der Waals surface area contributed by atoms with Gasteiger partial charge in [0.1, 0.15) is 0 Å². The molecule has 1 saturated heterocycles. The molecule has 3 aromatic carbocycles. The van der Waals surface area contributed by atoms with E-state index in [2.05, 4.69) is 0 Å². The number of likely N-dealkylation sites (tertiary alicyclic amines) is 1. The van der Waals surface area contributed by atoms with E-state index < -0.39 is 33.3 Å². The molecule has 2 aliphatic rings. The van der Waals surface area contributed by atoms with Crippen LogP contribution in [0.5, 0.6) is 0 Å². The predicted octanol–water partition coefficient (Wildman–Crippen LogP) is 7.44. The summed E-state index contributed by atoms with van der Waals surface area (Å²) in [6, 6.07) is 19.5. The van der Waals surface area contributed by atoms with Crippen LogP contribution in [0.1, 0.15) is 55.7 Å². The van der Waals surface area contributed by atoms with E-state index in [0.717, 1.165) is 24.0 Å². The third-order valence-electron chi connectivity index (χ3n) is 8.22. The van der Waals surface area contributed by atoms with Crippen LogP contribution >= 0.6 is 34.8 Å². The smallest absolute Gasteiger partial charge is 0.304 e. The highest BCUT2D eigenvalue weighted by Crippen LogP contribution is 2.54. The van der Waals surface area contributed by atoms with Crippen LogP contribution in [0.2, 0.25) is 15.1 Å². The van der Waals surface area contributed by atoms with Gasteiger partial charge in [-0.2, -0.15) is 0 Å². The minimum absolute atomic E-state index is 0.0134. The van der Waals surface area contributed by atoms with Crippen molar-refractivity contribution in [3.63, 3.8) is 0 Å². The molecule has 4 atom stereocenters. The molecule has 2 fully saturated rings. The lowest BCUT2D eigenvalue weighted by Crippen LogP contribution is -2.58. The number of carboxylic acids is 1. The Hall–Kier alpha value is -2.58. The first kappa shape index (κ1) is 29.9. The van der Waals surface area contributed by atoms with E-state index in [-0.39, 0.29) is 46.3 Å². The average Bonchev–Trinajstić information content (AvgIpc) is 3.75. The summed E-state index contributed by atoms with van der Waals surface area (Å²) in [6.07, 6.45) is 1.38. The molecule has 216 valence electrons. The Bertz CT molecular complexity index is 1570. The van der Waals surface area contributed by atoms with Gasteiger partial charge in [0.05, 0.1) is 33.5 Å². The number of carboxylic acid groups (broad SMARTS) is 1. The molecule has 0 spiro atoms. The number of carbonyl (C=O) groups excluding carboxylic acids is 1. The van der Waals surface area contributed by atoms with E-state index >= 15 is 0 Å². The maximum absolute atomic E-state index is 14.5. The Morgan fingerprint density at radius 2 is 1.66 bits per heavy atom. The Labute approximate surface area is 255 Å². The molecular weight excluding hydrogens is 605 g/mol. The van der Waals surface area contributed by atoms with Crippen molar-refractivity contribution >= 4 is 56.5 Å². The maximum atomic E-state index is 14.5. The van der Waals surface area contributed by atoms with Crippen LogP contribution in [0.15, 0.2) is 77.7 Å². The lowest BCUT2D eigenvalue weighted by molar-refractivity contribution is -0.160. The SMILES string of the molecule is C[C@]1(CC(=O)O)C[C@H](c2cccc(Cl)c2)[C@@H](c2ccc(Cl)cc2)N([C@H](CS(=O)(=O)c2ccccc2Cl)C2CC2)C1=O. The number of rotatable bonds is 9. The third kappa shape index (κ3) is 6.29. The molecule has 1 heterocycles. The molecule has 1 aliphatic carbocycles. The third-order valence-corrected chi connectivity index (χ3v) is 11.0. The molecule has 1 aliphatic heterocycles. The second kappa shape index (κ2) is 11.6. The van der Waals surface area contributed by atoms with Gasteiger partial charge in [-0.15, -0.1) is 0 Å². The number of nitrogens with zero attached hydrogens (tertiary/aromatic N) is 1. The van der Waals surface area contributed by atoms with Gasteiger partial charge >= 0.3 is 5.97 Å². The van der Waals surface area contributed by atoms with E-state index in [0.29, 0.717) is 10.0 Å². The molecule has 1 N–H and O–H groups in total. The molecule has 0 radical (unpaired) electrons. The first-order chi connectivity index (χ1) is 19.4. The van der Waals surface area contributed by atoms with Crippen LogP contribution in [-0.2, 0) is 19.4 Å². The van der Waals surface area contributed by atoms with Crippen molar-refractivity contribution in [1.29, 1.82) is 0 Å². The van der Waals surface area contributed by atoms with Crippen LogP contribution in [0.4, 0.5) is 0 Å². The summed E-state index contributed by atoms with van der Waals surface area (Å²) < 4.78 is 27.6. The van der Waals surface area contributed by atoms with Crippen LogP contribution < -0.4 is 0 Å².